The van der Waals surface area contributed by atoms with Crippen LogP contribution in [0.5, 0.6) is 0 Å². The monoisotopic (exact) mass is 729 g/mol. The normalized spacial score (nSPS) is 11.2. The molecule has 51 heavy (non-hydrogen) atoms. The largest absolute Gasteiger partial charge is 0.393 e. The molecule has 0 aliphatic rings. The highest BCUT2D eigenvalue weighted by Crippen LogP contribution is 2.29. The van der Waals surface area contributed by atoms with Gasteiger partial charge in [0, 0.05) is 11.6 Å². The van der Waals surface area contributed by atoms with Crippen LogP contribution in [0.2, 0.25) is 0 Å². The summed E-state index contributed by atoms with van der Waals surface area (Å²) in [6.45, 7) is 36.9. The quantitative estimate of drug-likeness (QED) is 0.177. The summed E-state index contributed by atoms with van der Waals surface area (Å²) in [5.74, 6) is 1.99. The third kappa shape index (κ3) is 44.3. The van der Waals surface area contributed by atoms with E-state index in [0.717, 1.165) is 42.3 Å². The lowest BCUT2D eigenvalue weighted by Crippen LogP contribution is -2.11. The molecule has 0 radical (unpaired) electrons. The van der Waals surface area contributed by atoms with Gasteiger partial charge >= 0.3 is 6.18 Å². The zero-order valence-corrected chi connectivity index (χ0v) is 37.5. The molecular weight excluding hydrogens is 638 g/mol. The number of rotatable bonds is 14. The van der Waals surface area contributed by atoms with E-state index in [0.29, 0.717) is 11.8 Å². The standard InChI is InChI=1S/C22H31F3N2.C6H14.3C4H10.2C3H8/c1-5-7-19(11-8-16(3)6-2)21-14-17(4)27(26-21)20-12-9-18(10-13-20)15-22(23,24)25;1-3-5-6-4-2;1-4(2)3;2*1-3-4-2;2*1-3-2/h9-10,12-14,16,19H,5-8,11,15H2,1-4H3;3-6H2,1-2H3;4H,1-3H3;2*3-4H2,1-2H3;2*3H2,1-2H3. The fourth-order valence-corrected chi connectivity index (χ4v) is 3.92. The molecule has 0 bridgehead atoms. The molecule has 0 aliphatic carbocycles. The van der Waals surface area contributed by atoms with Crippen LogP contribution in [0.3, 0.4) is 0 Å². The Bertz CT molecular complexity index is 883. The maximum absolute atomic E-state index is 12.5. The van der Waals surface area contributed by atoms with Crippen molar-refractivity contribution in [3.8, 4) is 5.69 Å². The highest BCUT2D eigenvalue weighted by atomic mass is 19.4. The van der Waals surface area contributed by atoms with Gasteiger partial charge in [0.1, 0.15) is 0 Å². The first-order valence-electron chi connectivity index (χ1n) is 21.3. The van der Waals surface area contributed by atoms with Crippen molar-refractivity contribution in [1.29, 1.82) is 0 Å². The smallest absolute Gasteiger partial charge is 0.238 e. The number of unbranched alkanes of at least 4 members (excludes halogenated alkanes) is 5. The molecule has 0 saturated carbocycles. The van der Waals surface area contributed by atoms with Gasteiger partial charge in [-0.05, 0) is 55.4 Å². The highest BCUT2D eigenvalue weighted by molar-refractivity contribution is 5.36. The number of aromatic nitrogens is 2. The van der Waals surface area contributed by atoms with Crippen LogP contribution in [0, 0.1) is 18.8 Å². The molecule has 1 heterocycles. The zero-order chi connectivity index (χ0) is 40.7. The maximum atomic E-state index is 12.5. The first-order valence-corrected chi connectivity index (χ1v) is 21.3. The van der Waals surface area contributed by atoms with Gasteiger partial charge in [0.2, 0.25) is 0 Å². The molecule has 0 aliphatic heterocycles. The van der Waals surface area contributed by atoms with Crippen LogP contribution in [0.1, 0.15) is 230 Å². The summed E-state index contributed by atoms with van der Waals surface area (Å²) >= 11 is 0. The second kappa shape index (κ2) is 42.6. The predicted octanol–water partition coefficient (Wildman–Crippen LogP) is 17.7. The Hall–Kier alpha value is -1.78. The number of halogens is 3. The van der Waals surface area contributed by atoms with E-state index in [1.807, 2.05) is 11.6 Å². The predicted molar refractivity (Wildman–Crippen MR) is 228 cm³/mol. The topological polar surface area (TPSA) is 17.8 Å². The molecule has 2 aromatic rings. The highest BCUT2D eigenvalue weighted by Gasteiger charge is 2.27. The number of benzene rings is 1. The average molecular weight is 729 g/mol. The molecule has 0 fully saturated rings. The van der Waals surface area contributed by atoms with Crippen molar-refractivity contribution in [1.82, 2.24) is 9.78 Å². The lowest BCUT2D eigenvalue weighted by Gasteiger charge is -2.16. The second-order valence-corrected chi connectivity index (χ2v) is 14.5. The Morgan fingerprint density at radius 3 is 1.33 bits per heavy atom. The third-order valence-corrected chi connectivity index (χ3v) is 7.21. The molecule has 2 nitrogen and oxygen atoms in total. The van der Waals surface area contributed by atoms with Crippen LogP contribution in [0.15, 0.2) is 30.3 Å². The van der Waals surface area contributed by atoms with E-state index in [4.69, 9.17) is 5.10 Å². The lowest BCUT2D eigenvalue weighted by molar-refractivity contribution is -0.127. The van der Waals surface area contributed by atoms with Gasteiger partial charge in [0.25, 0.3) is 0 Å². The minimum Gasteiger partial charge on any atom is -0.238 e. The molecule has 0 N–H and O–H groups in total. The number of alkyl halides is 3. The van der Waals surface area contributed by atoms with Crippen LogP contribution in [0.4, 0.5) is 13.2 Å². The maximum Gasteiger partial charge on any atom is 0.393 e. The Kier molecular flexibility index (Phi) is 48.9. The van der Waals surface area contributed by atoms with Gasteiger partial charge in [-0.3, -0.25) is 0 Å². The van der Waals surface area contributed by atoms with E-state index in [-0.39, 0.29) is 5.56 Å². The second-order valence-electron chi connectivity index (χ2n) is 14.5. The Balaban J connectivity index is -0.000000238. The van der Waals surface area contributed by atoms with Gasteiger partial charge in [-0.15, -0.1) is 0 Å². The first kappa shape index (κ1) is 58.5. The van der Waals surface area contributed by atoms with E-state index in [2.05, 4.69) is 117 Å². The third-order valence-electron chi connectivity index (χ3n) is 7.21. The molecule has 0 spiro atoms. The van der Waals surface area contributed by atoms with Crippen LogP contribution in [-0.2, 0) is 6.42 Å². The van der Waals surface area contributed by atoms with Crippen LogP contribution in [-0.4, -0.2) is 16.0 Å². The summed E-state index contributed by atoms with van der Waals surface area (Å²) in [6.07, 6.45) is 14.0. The van der Waals surface area contributed by atoms with E-state index < -0.39 is 12.6 Å². The molecule has 1 aromatic carbocycles. The van der Waals surface area contributed by atoms with Crippen molar-refractivity contribution < 1.29 is 13.2 Å². The molecule has 306 valence electrons. The van der Waals surface area contributed by atoms with Gasteiger partial charge in [-0.1, -0.05) is 206 Å². The number of nitrogens with zero attached hydrogens (tertiary/aromatic N) is 2. The molecule has 2 unspecified atom stereocenters. The average Bonchev–Trinajstić information content (AvgIpc) is 3.47. The van der Waals surface area contributed by atoms with Gasteiger partial charge < -0.3 is 0 Å². The summed E-state index contributed by atoms with van der Waals surface area (Å²) in [5, 5.41) is 4.80. The van der Waals surface area contributed by atoms with E-state index in [9.17, 15) is 13.2 Å². The summed E-state index contributed by atoms with van der Waals surface area (Å²) in [6, 6.07) is 8.64. The molecule has 5 heteroatoms. The Morgan fingerprint density at radius 2 is 1.02 bits per heavy atom. The van der Waals surface area contributed by atoms with Crippen molar-refractivity contribution in [2.45, 2.75) is 233 Å². The SMILES string of the molecule is CC(C)C.CCC.CCC.CCCC.CCCC.CCCC(CCC(C)CC)c1cc(C)n(-c2ccc(CC(F)(F)F)cc2)n1.CCCCCC. The molecule has 2 atom stereocenters. The van der Waals surface area contributed by atoms with Gasteiger partial charge in [0.05, 0.1) is 17.8 Å². The minimum absolute atomic E-state index is 0.272. The Morgan fingerprint density at radius 1 is 0.608 bits per heavy atom. The van der Waals surface area contributed by atoms with Crippen molar-refractivity contribution in [3.63, 3.8) is 0 Å². The van der Waals surface area contributed by atoms with E-state index >= 15 is 0 Å². The lowest BCUT2D eigenvalue weighted by atomic mass is 9.90. The van der Waals surface area contributed by atoms with E-state index in [1.165, 1.54) is 89.2 Å². The van der Waals surface area contributed by atoms with Crippen LogP contribution >= 0.6 is 0 Å². The Labute approximate surface area is 319 Å². The van der Waals surface area contributed by atoms with Gasteiger partial charge in [0.15, 0.2) is 0 Å². The van der Waals surface area contributed by atoms with Crippen LogP contribution in [0.25, 0.3) is 5.69 Å². The van der Waals surface area contributed by atoms with Gasteiger partial charge in [-0.25, -0.2) is 4.68 Å². The summed E-state index contributed by atoms with van der Waals surface area (Å²) in [4.78, 5) is 0. The molecule has 0 amide bonds. The molecule has 2 rings (SSSR count). The summed E-state index contributed by atoms with van der Waals surface area (Å²) in [5.41, 5.74) is 3.19. The van der Waals surface area contributed by atoms with Gasteiger partial charge in [-0.2, -0.15) is 18.3 Å². The number of hydrogen-bond acceptors (Lipinski definition) is 1. The molecule has 1 aromatic heterocycles. The van der Waals surface area contributed by atoms with Crippen molar-refractivity contribution >= 4 is 0 Å². The minimum atomic E-state index is -4.18. The number of aryl methyl sites for hydroxylation is 1. The van der Waals surface area contributed by atoms with Crippen molar-refractivity contribution in [2.75, 3.05) is 0 Å². The fraction of sp³-hybridized carbons (Fsp3) is 0.804. The summed E-state index contributed by atoms with van der Waals surface area (Å²) < 4.78 is 39.4. The summed E-state index contributed by atoms with van der Waals surface area (Å²) in [7, 11) is 0. The zero-order valence-electron chi connectivity index (χ0n) is 37.5. The molecular formula is C46H91F3N2. The fourth-order valence-electron chi connectivity index (χ4n) is 3.92. The first-order chi connectivity index (χ1) is 24.0. The van der Waals surface area contributed by atoms with E-state index in [1.54, 1.807) is 12.1 Å². The van der Waals surface area contributed by atoms with Crippen molar-refractivity contribution in [2.24, 2.45) is 11.8 Å². The van der Waals surface area contributed by atoms with Crippen LogP contribution < -0.4 is 0 Å². The van der Waals surface area contributed by atoms with Crippen molar-refractivity contribution in [3.05, 3.63) is 47.3 Å². The number of hydrogen-bond donors (Lipinski definition) is 0. The molecule has 0 saturated heterocycles.